The van der Waals surface area contributed by atoms with E-state index in [0.717, 1.165) is 48.4 Å². The van der Waals surface area contributed by atoms with Gasteiger partial charge in [-0.15, -0.1) is 12.6 Å². The van der Waals surface area contributed by atoms with E-state index in [-0.39, 0.29) is 11.9 Å². The minimum atomic E-state index is -0.209. The molecule has 1 amide bonds. The molecule has 8 heteroatoms. The third kappa shape index (κ3) is 5.51. The predicted molar refractivity (Wildman–Crippen MR) is 135 cm³/mol. The van der Waals surface area contributed by atoms with Crippen LogP contribution in [0.15, 0.2) is 77.3 Å². The number of amides is 1. The van der Waals surface area contributed by atoms with Crippen molar-refractivity contribution in [1.29, 1.82) is 0 Å². The Labute approximate surface area is 199 Å². The molecule has 0 radical (unpaired) electrons. The standard InChI is InChI=1S/C25H28N6OS/c1-2-20-7-8-21(15-27-20)31-14-4-5-23(31)22(17-33)28-18-29-25(32)24-6-3-13-30(24)16-19-9-11-26-12-10-19/h3,6-13,15,17-18,23,33H,2,4-5,14,16H2,1H3,(H,28,29,32)/b22-17-/t23-/m1/s1. The molecule has 1 aliphatic rings. The Bertz CT molecular complexity index is 1120. The first-order valence-electron chi connectivity index (χ1n) is 11.1. The van der Waals surface area contributed by atoms with Crippen molar-refractivity contribution in [2.75, 3.05) is 11.4 Å². The molecule has 0 spiro atoms. The van der Waals surface area contributed by atoms with E-state index in [1.54, 1.807) is 23.9 Å². The first-order chi connectivity index (χ1) is 16.2. The number of carbonyl (C=O) groups excluding carboxylic acids is 1. The zero-order valence-electron chi connectivity index (χ0n) is 18.6. The number of hydrogen-bond acceptors (Lipinski definition) is 6. The highest BCUT2D eigenvalue weighted by Gasteiger charge is 2.28. The van der Waals surface area contributed by atoms with Crippen LogP contribution in [-0.2, 0) is 13.0 Å². The molecule has 0 unspecified atom stereocenters. The largest absolute Gasteiger partial charge is 0.362 e. The number of pyridine rings is 2. The number of aryl methyl sites for hydroxylation is 1. The van der Waals surface area contributed by atoms with Crippen LogP contribution >= 0.6 is 12.6 Å². The van der Waals surface area contributed by atoms with Crippen LogP contribution < -0.4 is 10.2 Å². The van der Waals surface area contributed by atoms with E-state index < -0.39 is 0 Å². The van der Waals surface area contributed by atoms with E-state index in [0.29, 0.717) is 12.2 Å². The fraction of sp³-hybridized carbons (Fsp3) is 0.280. The molecule has 170 valence electrons. The third-order valence-corrected chi connectivity index (χ3v) is 6.07. The molecule has 0 bridgehead atoms. The Kier molecular flexibility index (Phi) is 7.57. The molecular formula is C25H28N6OS. The van der Waals surface area contributed by atoms with Gasteiger partial charge in [0.15, 0.2) is 0 Å². The second kappa shape index (κ2) is 11.0. The van der Waals surface area contributed by atoms with E-state index in [1.165, 1.54) is 6.34 Å². The van der Waals surface area contributed by atoms with Gasteiger partial charge in [0, 0.05) is 37.4 Å². The van der Waals surface area contributed by atoms with E-state index in [1.807, 2.05) is 35.2 Å². The van der Waals surface area contributed by atoms with Crippen LogP contribution in [-0.4, -0.2) is 39.4 Å². The molecule has 3 aromatic heterocycles. The maximum atomic E-state index is 12.8. The molecule has 4 heterocycles. The molecule has 0 saturated carbocycles. The number of nitrogens with zero attached hydrogens (tertiary/aromatic N) is 5. The number of hydrogen-bond donors (Lipinski definition) is 2. The van der Waals surface area contributed by atoms with Gasteiger partial charge >= 0.3 is 0 Å². The predicted octanol–water partition coefficient (Wildman–Crippen LogP) is 4.09. The number of aromatic nitrogens is 3. The molecular weight excluding hydrogens is 432 g/mol. The van der Waals surface area contributed by atoms with Gasteiger partial charge in [0.2, 0.25) is 0 Å². The van der Waals surface area contributed by atoms with Crippen LogP contribution in [0.3, 0.4) is 0 Å². The topological polar surface area (TPSA) is 75.4 Å². The van der Waals surface area contributed by atoms with Crippen LogP contribution in [0.5, 0.6) is 0 Å². The third-order valence-electron chi connectivity index (χ3n) is 5.80. The number of thiol groups is 1. The van der Waals surface area contributed by atoms with Crippen molar-refractivity contribution in [3.8, 4) is 0 Å². The zero-order valence-corrected chi connectivity index (χ0v) is 19.5. The van der Waals surface area contributed by atoms with Crippen molar-refractivity contribution in [2.45, 2.75) is 38.8 Å². The van der Waals surface area contributed by atoms with Crippen molar-refractivity contribution >= 4 is 30.6 Å². The van der Waals surface area contributed by atoms with E-state index in [4.69, 9.17) is 0 Å². The summed E-state index contributed by atoms with van der Waals surface area (Å²) in [6.45, 7) is 3.63. The summed E-state index contributed by atoms with van der Waals surface area (Å²) in [4.78, 5) is 28.2. The fourth-order valence-corrected chi connectivity index (χ4v) is 4.31. The van der Waals surface area contributed by atoms with E-state index in [2.05, 4.69) is 56.9 Å². The quantitative estimate of drug-likeness (QED) is 0.302. The number of nitrogens with one attached hydrogen (secondary N) is 1. The number of carbonyl (C=O) groups is 1. The summed E-state index contributed by atoms with van der Waals surface area (Å²) in [5.41, 5.74) is 4.61. The normalized spacial score (nSPS) is 16.5. The molecule has 1 saturated heterocycles. The monoisotopic (exact) mass is 460 g/mol. The van der Waals surface area contributed by atoms with Crippen LogP contribution in [0.25, 0.3) is 0 Å². The summed E-state index contributed by atoms with van der Waals surface area (Å²) in [6.07, 6.45) is 11.7. The van der Waals surface area contributed by atoms with Crippen LogP contribution in [0, 0.1) is 0 Å². The zero-order chi connectivity index (χ0) is 23.0. The van der Waals surface area contributed by atoms with Crippen LogP contribution in [0.4, 0.5) is 5.69 Å². The number of rotatable bonds is 8. The Hall–Kier alpha value is -3.39. The Morgan fingerprint density at radius 2 is 2.12 bits per heavy atom. The first kappa shape index (κ1) is 22.8. The lowest BCUT2D eigenvalue weighted by molar-refractivity contribution is 0.0970. The summed E-state index contributed by atoms with van der Waals surface area (Å²) in [7, 11) is 0. The Morgan fingerprint density at radius 1 is 1.27 bits per heavy atom. The van der Waals surface area contributed by atoms with Crippen molar-refractivity contribution in [2.24, 2.45) is 4.99 Å². The first-order valence-corrected chi connectivity index (χ1v) is 11.6. The summed E-state index contributed by atoms with van der Waals surface area (Å²) >= 11 is 4.39. The maximum absolute atomic E-state index is 12.8. The second-order valence-electron chi connectivity index (χ2n) is 7.88. The van der Waals surface area contributed by atoms with Crippen molar-refractivity contribution < 1.29 is 4.79 Å². The Morgan fingerprint density at radius 3 is 2.85 bits per heavy atom. The lowest BCUT2D eigenvalue weighted by atomic mass is 10.1. The summed E-state index contributed by atoms with van der Waals surface area (Å²) < 4.78 is 1.90. The van der Waals surface area contributed by atoms with Gasteiger partial charge in [-0.25, -0.2) is 4.99 Å². The second-order valence-corrected chi connectivity index (χ2v) is 8.13. The molecule has 4 rings (SSSR count). The van der Waals surface area contributed by atoms with Gasteiger partial charge in [-0.3, -0.25) is 14.8 Å². The molecule has 1 aliphatic heterocycles. The van der Waals surface area contributed by atoms with E-state index in [9.17, 15) is 4.79 Å². The lowest BCUT2D eigenvalue weighted by Gasteiger charge is -2.26. The van der Waals surface area contributed by atoms with Gasteiger partial charge in [-0.2, -0.15) is 0 Å². The highest BCUT2D eigenvalue weighted by molar-refractivity contribution is 7.83. The van der Waals surface area contributed by atoms with Crippen molar-refractivity contribution in [1.82, 2.24) is 19.9 Å². The number of aliphatic imine (C=N–C) groups is 1. The molecule has 0 aliphatic carbocycles. The highest BCUT2D eigenvalue weighted by atomic mass is 32.1. The van der Waals surface area contributed by atoms with Crippen molar-refractivity contribution in [3.05, 3.63) is 89.2 Å². The molecule has 0 aromatic carbocycles. The Balaban J connectivity index is 1.41. The van der Waals surface area contributed by atoms with Crippen molar-refractivity contribution in [3.63, 3.8) is 0 Å². The highest BCUT2D eigenvalue weighted by Crippen LogP contribution is 2.30. The smallest absolute Gasteiger partial charge is 0.272 e. The van der Waals surface area contributed by atoms with Gasteiger partial charge in [0.1, 0.15) is 5.69 Å². The van der Waals surface area contributed by atoms with Gasteiger partial charge in [-0.05, 0) is 66.6 Å². The molecule has 7 nitrogen and oxygen atoms in total. The van der Waals surface area contributed by atoms with Gasteiger partial charge < -0.3 is 14.8 Å². The van der Waals surface area contributed by atoms with Gasteiger partial charge in [0.25, 0.3) is 5.91 Å². The molecule has 1 atom stereocenters. The maximum Gasteiger partial charge on any atom is 0.272 e. The summed E-state index contributed by atoms with van der Waals surface area (Å²) in [5.74, 6) is -0.209. The average Bonchev–Trinajstić information content (AvgIpc) is 3.52. The fourth-order valence-electron chi connectivity index (χ4n) is 4.07. The number of anilines is 1. The SMILES string of the molecule is CCc1ccc(N2CCC[C@@H]2/C(=C/S)N=CNC(=O)c2cccn2Cc2ccncc2)cn1. The van der Waals surface area contributed by atoms with Gasteiger partial charge in [-0.1, -0.05) is 6.92 Å². The average molecular weight is 461 g/mol. The lowest BCUT2D eigenvalue weighted by Crippen LogP contribution is -2.31. The molecule has 33 heavy (non-hydrogen) atoms. The van der Waals surface area contributed by atoms with Crippen LogP contribution in [0.2, 0.25) is 0 Å². The molecule has 3 aromatic rings. The molecule has 1 fully saturated rings. The van der Waals surface area contributed by atoms with Gasteiger partial charge in [0.05, 0.1) is 30.0 Å². The van der Waals surface area contributed by atoms with Crippen LogP contribution in [0.1, 0.15) is 41.5 Å². The summed E-state index contributed by atoms with van der Waals surface area (Å²) in [5, 5.41) is 4.51. The van der Waals surface area contributed by atoms with E-state index >= 15 is 0 Å². The molecule has 1 N–H and O–H groups in total. The summed E-state index contributed by atoms with van der Waals surface area (Å²) in [6, 6.07) is 11.8. The minimum absolute atomic E-state index is 0.0977. The minimum Gasteiger partial charge on any atom is -0.362 e.